The molecule has 1 aromatic carbocycles. The molecule has 19 heavy (non-hydrogen) atoms. The molecule has 1 aliphatic heterocycles. The molecule has 1 aliphatic rings. The lowest BCUT2D eigenvalue weighted by atomic mass is 10.2. The maximum atomic E-state index is 6.05. The van der Waals surface area contributed by atoms with Crippen LogP contribution in [0.25, 0.3) is 0 Å². The molecule has 1 atom stereocenters. The summed E-state index contributed by atoms with van der Waals surface area (Å²) in [6, 6.07) is 6.54. The van der Waals surface area contributed by atoms with Gasteiger partial charge in [-0.05, 0) is 43.3 Å². The molecule has 106 valence electrons. The first-order valence-electron chi connectivity index (χ1n) is 7.13. The van der Waals surface area contributed by atoms with Crippen molar-refractivity contribution >= 4 is 17.3 Å². The Morgan fingerprint density at radius 3 is 2.68 bits per heavy atom. The van der Waals surface area contributed by atoms with Gasteiger partial charge in [0.15, 0.2) is 0 Å². The van der Waals surface area contributed by atoms with Crippen molar-refractivity contribution in [1.29, 1.82) is 0 Å². The van der Waals surface area contributed by atoms with Gasteiger partial charge in [0.2, 0.25) is 0 Å². The van der Waals surface area contributed by atoms with E-state index in [1.165, 1.54) is 12.0 Å². The van der Waals surface area contributed by atoms with Crippen molar-refractivity contribution in [3.63, 3.8) is 0 Å². The van der Waals surface area contributed by atoms with E-state index in [0.717, 1.165) is 43.4 Å². The Morgan fingerprint density at radius 2 is 2.05 bits per heavy atom. The summed E-state index contributed by atoms with van der Waals surface area (Å²) >= 11 is 6.05. The van der Waals surface area contributed by atoms with E-state index in [4.69, 9.17) is 17.3 Å². The lowest BCUT2D eigenvalue weighted by Crippen LogP contribution is -2.37. The summed E-state index contributed by atoms with van der Waals surface area (Å²) in [6.45, 7) is 10.0. The summed E-state index contributed by atoms with van der Waals surface area (Å²) in [6.07, 6.45) is 1.26. The van der Waals surface area contributed by atoms with Crippen LogP contribution in [0.2, 0.25) is 5.02 Å². The zero-order chi connectivity index (χ0) is 13.8. The molecule has 0 aromatic heterocycles. The van der Waals surface area contributed by atoms with Crippen LogP contribution in [0.4, 0.5) is 5.69 Å². The van der Waals surface area contributed by atoms with Gasteiger partial charge in [-0.15, -0.1) is 0 Å². The molecule has 1 heterocycles. The van der Waals surface area contributed by atoms with Gasteiger partial charge < -0.3 is 5.73 Å². The molecule has 0 bridgehead atoms. The van der Waals surface area contributed by atoms with Crippen LogP contribution >= 0.6 is 11.6 Å². The van der Waals surface area contributed by atoms with Gasteiger partial charge in [-0.1, -0.05) is 25.4 Å². The van der Waals surface area contributed by atoms with Crippen LogP contribution in [0.15, 0.2) is 18.2 Å². The molecular formula is C15H24ClN3. The molecule has 1 unspecified atom stereocenters. The predicted octanol–water partition coefficient (Wildman–Crippen LogP) is 2.84. The van der Waals surface area contributed by atoms with E-state index < -0.39 is 0 Å². The number of halogens is 1. The number of nitrogens with two attached hydrogens (primary N) is 1. The average Bonchev–Trinajstić information content (AvgIpc) is 2.78. The van der Waals surface area contributed by atoms with Crippen molar-refractivity contribution in [3.05, 3.63) is 28.8 Å². The van der Waals surface area contributed by atoms with Gasteiger partial charge >= 0.3 is 0 Å². The second kappa shape index (κ2) is 6.60. The van der Waals surface area contributed by atoms with Crippen LogP contribution in [-0.4, -0.2) is 42.0 Å². The Bertz CT molecular complexity index is 398. The Morgan fingerprint density at radius 1 is 1.32 bits per heavy atom. The molecule has 2 N–H and O–H groups in total. The SMILES string of the molecule is CCN(CC)C1CCN(Cc2cc(N)cc(Cl)c2)C1. The maximum absolute atomic E-state index is 6.05. The number of anilines is 1. The number of rotatable bonds is 5. The molecular weight excluding hydrogens is 258 g/mol. The summed E-state index contributed by atoms with van der Waals surface area (Å²) in [5, 5.41) is 0.731. The third-order valence-electron chi connectivity index (χ3n) is 3.96. The monoisotopic (exact) mass is 281 g/mol. The molecule has 1 fully saturated rings. The Hall–Kier alpha value is -0.770. The lowest BCUT2D eigenvalue weighted by molar-refractivity contribution is 0.209. The Balaban J connectivity index is 1.94. The van der Waals surface area contributed by atoms with Crippen molar-refractivity contribution in [2.75, 3.05) is 31.9 Å². The molecule has 0 aliphatic carbocycles. The number of benzene rings is 1. The summed E-state index contributed by atoms with van der Waals surface area (Å²) in [4.78, 5) is 5.04. The topological polar surface area (TPSA) is 32.5 Å². The standard InChI is InChI=1S/C15H24ClN3/c1-3-19(4-2)15-5-6-18(11-15)10-12-7-13(16)9-14(17)8-12/h7-9,15H,3-6,10-11,17H2,1-2H3. The fraction of sp³-hybridized carbons (Fsp3) is 0.600. The smallest absolute Gasteiger partial charge is 0.0429 e. The highest BCUT2D eigenvalue weighted by atomic mass is 35.5. The molecule has 3 nitrogen and oxygen atoms in total. The van der Waals surface area contributed by atoms with Crippen LogP contribution in [0, 0.1) is 0 Å². The molecule has 0 radical (unpaired) electrons. The van der Waals surface area contributed by atoms with Crippen LogP contribution in [0.3, 0.4) is 0 Å². The van der Waals surface area contributed by atoms with E-state index in [1.54, 1.807) is 6.07 Å². The second-order valence-electron chi connectivity index (χ2n) is 5.29. The van der Waals surface area contributed by atoms with Gasteiger partial charge in [0.1, 0.15) is 0 Å². The summed E-state index contributed by atoms with van der Waals surface area (Å²) in [5.41, 5.74) is 7.81. The van der Waals surface area contributed by atoms with Gasteiger partial charge in [-0.2, -0.15) is 0 Å². The first-order chi connectivity index (χ1) is 9.12. The molecule has 1 saturated heterocycles. The van der Waals surface area contributed by atoms with Crippen molar-refractivity contribution in [1.82, 2.24) is 9.80 Å². The minimum Gasteiger partial charge on any atom is -0.399 e. The van der Waals surface area contributed by atoms with E-state index >= 15 is 0 Å². The molecule has 0 saturated carbocycles. The Kier molecular flexibility index (Phi) is 5.08. The highest BCUT2D eigenvalue weighted by Gasteiger charge is 2.25. The largest absolute Gasteiger partial charge is 0.399 e. The first kappa shape index (κ1) is 14.6. The van der Waals surface area contributed by atoms with E-state index in [1.807, 2.05) is 12.1 Å². The third kappa shape index (κ3) is 3.85. The first-order valence-corrected chi connectivity index (χ1v) is 7.51. The number of hydrogen-bond acceptors (Lipinski definition) is 3. The van der Waals surface area contributed by atoms with Gasteiger partial charge in [-0.25, -0.2) is 0 Å². The van der Waals surface area contributed by atoms with Gasteiger partial charge in [0, 0.05) is 36.4 Å². The minimum atomic E-state index is 0.700. The fourth-order valence-electron chi connectivity index (χ4n) is 3.02. The van der Waals surface area contributed by atoms with Crippen molar-refractivity contribution in [3.8, 4) is 0 Å². The minimum absolute atomic E-state index is 0.700. The quantitative estimate of drug-likeness (QED) is 0.843. The molecule has 4 heteroatoms. The summed E-state index contributed by atoms with van der Waals surface area (Å²) in [7, 11) is 0. The number of nitrogen functional groups attached to an aromatic ring is 1. The molecule has 2 rings (SSSR count). The summed E-state index contributed by atoms with van der Waals surface area (Å²) in [5.74, 6) is 0. The van der Waals surface area contributed by atoms with Crippen LogP contribution < -0.4 is 5.73 Å². The molecule has 0 spiro atoms. The average molecular weight is 282 g/mol. The zero-order valence-electron chi connectivity index (χ0n) is 11.9. The van der Waals surface area contributed by atoms with Crippen LogP contribution in [-0.2, 0) is 6.54 Å². The third-order valence-corrected chi connectivity index (χ3v) is 4.18. The molecule has 1 aromatic rings. The van der Waals surface area contributed by atoms with Crippen molar-refractivity contribution in [2.45, 2.75) is 32.9 Å². The lowest BCUT2D eigenvalue weighted by Gasteiger charge is -2.26. The number of likely N-dealkylation sites (tertiary alicyclic amines) is 1. The normalized spacial score (nSPS) is 20.3. The van der Waals surface area contributed by atoms with Crippen molar-refractivity contribution < 1.29 is 0 Å². The van der Waals surface area contributed by atoms with E-state index in [9.17, 15) is 0 Å². The number of hydrogen-bond donors (Lipinski definition) is 1. The van der Waals surface area contributed by atoms with E-state index in [2.05, 4.69) is 23.6 Å². The number of nitrogens with zero attached hydrogens (tertiary/aromatic N) is 2. The predicted molar refractivity (Wildman–Crippen MR) is 82.5 cm³/mol. The van der Waals surface area contributed by atoms with Crippen molar-refractivity contribution in [2.24, 2.45) is 0 Å². The molecule has 0 amide bonds. The van der Waals surface area contributed by atoms with Gasteiger partial charge in [0.25, 0.3) is 0 Å². The van der Waals surface area contributed by atoms with Crippen LogP contribution in [0.5, 0.6) is 0 Å². The highest BCUT2D eigenvalue weighted by molar-refractivity contribution is 6.30. The maximum Gasteiger partial charge on any atom is 0.0429 e. The second-order valence-corrected chi connectivity index (χ2v) is 5.73. The van der Waals surface area contributed by atoms with E-state index in [-0.39, 0.29) is 0 Å². The summed E-state index contributed by atoms with van der Waals surface area (Å²) < 4.78 is 0. The zero-order valence-corrected chi connectivity index (χ0v) is 12.7. The van der Waals surface area contributed by atoms with Gasteiger partial charge in [-0.3, -0.25) is 9.80 Å². The van der Waals surface area contributed by atoms with E-state index in [0.29, 0.717) is 6.04 Å². The van der Waals surface area contributed by atoms with Crippen LogP contribution in [0.1, 0.15) is 25.8 Å². The van der Waals surface area contributed by atoms with Gasteiger partial charge in [0.05, 0.1) is 0 Å². The number of likely N-dealkylation sites (N-methyl/N-ethyl adjacent to an activating group) is 1. The Labute approximate surface area is 121 Å². The fourth-order valence-corrected chi connectivity index (χ4v) is 3.28. The highest BCUT2D eigenvalue weighted by Crippen LogP contribution is 2.21.